The molecular formula is C23H23F2N5O2S. The maximum absolute atomic E-state index is 13.8. The smallest absolute Gasteiger partial charge is 0.322 e. The van der Waals surface area contributed by atoms with Gasteiger partial charge in [0.25, 0.3) is 0 Å². The lowest BCUT2D eigenvalue weighted by atomic mass is 9.72. The van der Waals surface area contributed by atoms with E-state index in [2.05, 4.69) is 36.2 Å². The molecular weight excluding hydrogens is 448 g/mol. The maximum Gasteiger partial charge on any atom is 0.352 e. The van der Waals surface area contributed by atoms with Gasteiger partial charge >= 0.3 is 5.69 Å². The number of hydrogen-bond donors (Lipinski definition) is 1. The standard InChI is InChI=1S/C23H23F2N5O2S/c1-23(2,3)12-4-6-14-17(8-12)33-21-19(14)20-28-30(22(32)29(20)11-26-21)10-18(31)27-16-7-5-13(24)9-15(16)25/h5,7,9,11-12H,4,6,8,10H2,1-3H3,(H,27,31). The topological polar surface area (TPSA) is 81.3 Å². The molecule has 1 unspecified atom stereocenters. The molecule has 5 rings (SSSR count). The van der Waals surface area contributed by atoms with Gasteiger partial charge in [0.05, 0.1) is 11.1 Å². The molecule has 3 aromatic heterocycles. The second-order valence-electron chi connectivity index (χ2n) is 9.54. The van der Waals surface area contributed by atoms with E-state index in [1.165, 1.54) is 21.2 Å². The fourth-order valence-electron chi connectivity index (χ4n) is 4.46. The minimum atomic E-state index is -0.893. The number of halogens is 2. The van der Waals surface area contributed by atoms with Crippen molar-refractivity contribution in [1.82, 2.24) is 19.2 Å². The van der Waals surface area contributed by atoms with E-state index in [4.69, 9.17) is 0 Å². The molecule has 10 heteroatoms. The van der Waals surface area contributed by atoms with Crippen molar-refractivity contribution in [3.05, 3.63) is 57.1 Å². The van der Waals surface area contributed by atoms with Gasteiger partial charge in [-0.1, -0.05) is 20.8 Å². The van der Waals surface area contributed by atoms with Crippen molar-refractivity contribution < 1.29 is 13.6 Å². The van der Waals surface area contributed by atoms with Gasteiger partial charge in [0.2, 0.25) is 5.91 Å². The number of aryl methyl sites for hydroxylation is 1. The second-order valence-corrected chi connectivity index (χ2v) is 10.6. The van der Waals surface area contributed by atoms with Crippen LogP contribution in [0.5, 0.6) is 0 Å². The Labute approximate surface area is 192 Å². The number of thiophene rings is 1. The molecule has 0 spiro atoms. The van der Waals surface area contributed by atoms with Gasteiger partial charge in [-0.25, -0.2) is 27.6 Å². The summed E-state index contributed by atoms with van der Waals surface area (Å²) in [6.45, 7) is 6.38. The molecule has 1 aliphatic rings. The highest BCUT2D eigenvalue weighted by Gasteiger charge is 2.32. The van der Waals surface area contributed by atoms with E-state index in [1.54, 1.807) is 11.3 Å². The third-order valence-corrected chi connectivity index (χ3v) is 7.52. The highest BCUT2D eigenvalue weighted by molar-refractivity contribution is 7.19. The molecule has 1 N–H and O–H groups in total. The molecule has 172 valence electrons. The van der Waals surface area contributed by atoms with Crippen molar-refractivity contribution >= 4 is 38.8 Å². The summed E-state index contributed by atoms with van der Waals surface area (Å²) in [5.74, 6) is -1.71. The Morgan fingerprint density at radius 3 is 2.82 bits per heavy atom. The van der Waals surface area contributed by atoms with Gasteiger partial charge in [-0.2, -0.15) is 0 Å². The van der Waals surface area contributed by atoms with Crippen LogP contribution in [-0.4, -0.2) is 25.1 Å². The largest absolute Gasteiger partial charge is 0.352 e. The highest BCUT2D eigenvalue weighted by Crippen LogP contribution is 2.43. The maximum atomic E-state index is 13.8. The Balaban J connectivity index is 1.48. The summed E-state index contributed by atoms with van der Waals surface area (Å²) in [4.78, 5) is 31.9. The minimum absolute atomic E-state index is 0.164. The van der Waals surface area contributed by atoms with E-state index in [0.29, 0.717) is 17.6 Å². The molecule has 3 heterocycles. The molecule has 0 bridgehead atoms. The van der Waals surface area contributed by atoms with E-state index >= 15 is 0 Å². The molecule has 1 atom stereocenters. The Morgan fingerprint density at radius 2 is 2.09 bits per heavy atom. The van der Waals surface area contributed by atoms with Gasteiger partial charge in [-0.05, 0) is 48.3 Å². The summed E-state index contributed by atoms with van der Waals surface area (Å²) in [7, 11) is 0. The van der Waals surface area contributed by atoms with Gasteiger partial charge in [-0.15, -0.1) is 16.4 Å². The Hall–Kier alpha value is -3.14. The normalized spacial score (nSPS) is 16.3. The van der Waals surface area contributed by atoms with Crippen LogP contribution in [0.1, 0.15) is 37.6 Å². The van der Waals surface area contributed by atoms with Crippen LogP contribution in [0.25, 0.3) is 15.9 Å². The summed E-state index contributed by atoms with van der Waals surface area (Å²) in [6.07, 6.45) is 4.36. The zero-order valence-corrected chi connectivity index (χ0v) is 19.3. The molecule has 0 saturated carbocycles. The molecule has 1 aromatic carbocycles. The third kappa shape index (κ3) is 3.82. The number of nitrogens with zero attached hydrogens (tertiary/aromatic N) is 4. The number of rotatable bonds is 3. The molecule has 1 amide bonds. The van der Waals surface area contributed by atoms with Crippen LogP contribution in [-0.2, 0) is 24.2 Å². The first kappa shape index (κ1) is 21.7. The monoisotopic (exact) mass is 471 g/mol. The zero-order valence-electron chi connectivity index (χ0n) is 18.5. The van der Waals surface area contributed by atoms with E-state index in [9.17, 15) is 18.4 Å². The molecule has 1 aliphatic carbocycles. The van der Waals surface area contributed by atoms with Crippen LogP contribution in [0, 0.1) is 23.0 Å². The molecule has 0 fully saturated rings. The number of carbonyl (C=O) groups excluding carboxylic acids is 1. The molecule has 0 radical (unpaired) electrons. The van der Waals surface area contributed by atoms with Crippen LogP contribution in [0.15, 0.2) is 29.3 Å². The average Bonchev–Trinajstić information content (AvgIpc) is 3.26. The van der Waals surface area contributed by atoms with Gasteiger partial charge in [0.1, 0.15) is 29.3 Å². The van der Waals surface area contributed by atoms with Crippen molar-refractivity contribution in [2.75, 3.05) is 5.32 Å². The van der Waals surface area contributed by atoms with Crippen molar-refractivity contribution in [2.45, 2.75) is 46.6 Å². The fourth-order valence-corrected chi connectivity index (χ4v) is 5.72. The van der Waals surface area contributed by atoms with Crippen LogP contribution < -0.4 is 11.0 Å². The summed E-state index contributed by atoms with van der Waals surface area (Å²) < 4.78 is 29.3. The summed E-state index contributed by atoms with van der Waals surface area (Å²) >= 11 is 1.64. The molecule has 33 heavy (non-hydrogen) atoms. The number of fused-ring (bicyclic) bond motifs is 5. The fraction of sp³-hybridized carbons (Fsp3) is 0.391. The molecule has 4 aromatic rings. The van der Waals surface area contributed by atoms with Crippen LogP contribution in [0.3, 0.4) is 0 Å². The number of anilines is 1. The predicted molar refractivity (Wildman–Crippen MR) is 123 cm³/mol. The number of amides is 1. The van der Waals surface area contributed by atoms with E-state index in [0.717, 1.165) is 46.3 Å². The number of carbonyl (C=O) groups is 1. The van der Waals surface area contributed by atoms with Crippen molar-refractivity contribution in [2.24, 2.45) is 11.3 Å². The van der Waals surface area contributed by atoms with Crippen molar-refractivity contribution in [3.8, 4) is 0 Å². The van der Waals surface area contributed by atoms with E-state index in [-0.39, 0.29) is 11.1 Å². The molecule has 7 nitrogen and oxygen atoms in total. The first-order chi connectivity index (χ1) is 15.6. The minimum Gasteiger partial charge on any atom is -0.322 e. The van der Waals surface area contributed by atoms with Gasteiger partial charge < -0.3 is 5.32 Å². The van der Waals surface area contributed by atoms with Crippen LogP contribution >= 0.6 is 11.3 Å². The number of benzene rings is 1. The predicted octanol–water partition coefficient (Wildman–Crippen LogP) is 4.17. The van der Waals surface area contributed by atoms with Crippen molar-refractivity contribution in [1.29, 1.82) is 0 Å². The molecule has 0 aliphatic heterocycles. The Morgan fingerprint density at radius 1 is 1.30 bits per heavy atom. The van der Waals surface area contributed by atoms with Crippen LogP contribution in [0.4, 0.5) is 14.5 Å². The molecule has 0 saturated heterocycles. The second kappa shape index (κ2) is 7.72. The number of nitrogens with one attached hydrogen (secondary N) is 1. The van der Waals surface area contributed by atoms with E-state index < -0.39 is 29.8 Å². The number of hydrogen-bond acceptors (Lipinski definition) is 5. The highest BCUT2D eigenvalue weighted by atomic mass is 32.1. The van der Waals surface area contributed by atoms with Gasteiger partial charge in [0, 0.05) is 10.9 Å². The first-order valence-electron chi connectivity index (χ1n) is 10.7. The Bertz CT molecular complexity index is 1460. The van der Waals surface area contributed by atoms with E-state index in [1.807, 2.05) is 0 Å². The Kier molecular flexibility index (Phi) is 5.08. The van der Waals surface area contributed by atoms with Crippen molar-refractivity contribution in [3.63, 3.8) is 0 Å². The SMILES string of the molecule is CC(C)(C)C1CCc2c(sc3ncn4c(=O)n(CC(=O)Nc5ccc(F)cc5F)nc4c23)C1. The first-order valence-corrected chi connectivity index (χ1v) is 11.6. The average molecular weight is 472 g/mol. The lowest BCUT2D eigenvalue weighted by Gasteiger charge is -2.33. The summed E-state index contributed by atoms with van der Waals surface area (Å²) in [6, 6.07) is 2.85. The zero-order chi connectivity index (χ0) is 23.5. The number of aromatic nitrogens is 4. The summed E-state index contributed by atoms with van der Waals surface area (Å²) in [5, 5.41) is 7.65. The van der Waals surface area contributed by atoms with Crippen LogP contribution in [0.2, 0.25) is 0 Å². The lowest BCUT2D eigenvalue weighted by Crippen LogP contribution is -2.28. The summed E-state index contributed by atoms with van der Waals surface area (Å²) in [5.41, 5.74) is 1.20. The quantitative estimate of drug-likeness (QED) is 0.486. The lowest BCUT2D eigenvalue weighted by molar-refractivity contribution is -0.117. The third-order valence-electron chi connectivity index (χ3n) is 6.35. The van der Waals surface area contributed by atoms with Gasteiger partial charge in [0.15, 0.2) is 5.65 Å². The van der Waals surface area contributed by atoms with Gasteiger partial charge in [-0.3, -0.25) is 4.79 Å².